The molecule has 0 saturated heterocycles. The van der Waals surface area contributed by atoms with Crippen LogP contribution in [0.2, 0.25) is 0 Å². The number of carbonyl (C=O) groups excluding carboxylic acids is 2. The predicted octanol–water partition coefficient (Wildman–Crippen LogP) is 0.335. The Bertz CT molecular complexity index is 245. The van der Waals surface area contributed by atoms with E-state index in [0.717, 1.165) is 0 Å². The maximum absolute atomic E-state index is 11.5. The maximum atomic E-state index is 11.5. The minimum absolute atomic E-state index is 0.0214. The van der Waals surface area contributed by atoms with Crippen molar-refractivity contribution in [3.8, 4) is 0 Å². The third kappa shape index (κ3) is 5.69. The Labute approximate surface area is 81.6 Å². The largest absolute Gasteiger partial charge is 0.372 e. The number of hydrogen-bond donors (Lipinski definition) is 2. The summed E-state index contributed by atoms with van der Waals surface area (Å²) < 4.78 is 20.5. The Morgan fingerprint density at radius 3 is 1.71 bits per heavy atom. The Hall–Kier alpha value is -0.910. The maximum Gasteiger partial charge on any atom is 0.372 e. The molecule has 0 saturated carbocycles. The summed E-state index contributed by atoms with van der Waals surface area (Å²) >= 11 is 0. The van der Waals surface area contributed by atoms with E-state index in [9.17, 15) is 14.2 Å². The fraction of sp³-hybridized carbons (Fsp3) is 0.667. The molecule has 0 radical (unpaired) electrons. The van der Waals surface area contributed by atoms with Crippen LogP contribution in [0, 0.1) is 0 Å². The number of rotatable bonds is 5. The summed E-state index contributed by atoms with van der Waals surface area (Å²) in [6, 6.07) is 0. The zero-order chi connectivity index (χ0) is 11.2. The summed E-state index contributed by atoms with van der Waals surface area (Å²) in [5.41, 5.74) is 3.76. The summed E-state index contributed by atoms with van der Waals surface area (Å²) in [5.74, 6) is -1.02. The van der Waals surface area contributed by atoms with E-state index in [-0.39, 0.29) is 6.16 Å². The van der Waals surface area contributed by atoms with Crippen LogP contribution in [-0.4, -0.2) is 18.0 Å². The van der Waals surface area contributed by atoms with Crippen LogP contribution in [0.4, 0.5) is 0 Å². The summed E-state index contributed by atoms with van der Waals surface area (Å²) in [5, 5.41) is 0. The molecule has 0 heterocycles. The molecule has 0 fully saturated rings. The highest BCUT2D eigenvalue weighted by Gasteiger charge is 2.24. The van der Waals surface area contributed by atoms with Gasteiger partial charge in [-0.2, -0.15) is 9.25 Å². The second-order valence-electron chi connectivity index (χ2n) is 2.43. The average molecular weight is 224 g/mol. The zero-order valence-corrected chi connectivity index (χ0v) is 9.09. The number of nitrogens with one attached hydrogen (secondary N) is 2. The molecule has 0 aromatic carbocycles. The third-order valence-corrected chi connectivity index (χ3v) is 2.56. The molecule has 14 heavy (non-hydrogen) atoms. The molecule has 8 heteroatoms. The number of hydrogen-bond acceptors (Lipinski definition) is 5. The highest BCUT2D eigenvalue weighted by Crippen LogP contribution is 2.45. The van der Waals surface area contributed by atoms with Crippen LogP contribution in [-0.2, 0) is 23.4 Å². The van der Waals surface area contributed by atoms with Gasteiger partial charge in [0.15, 0.2) is 0 Å². The van der Waals surface area contributed by atoms with Gasteiger partial charge in [0, 0.05) is 13.8 Å². The molecular weight excluding hydrogens is 211 g/mol. The van der Waals surface area contributed by atoms with Crippen molar-refractivity contribution in [2.45, 2.75) is 20.8 Å². The van der Waals surface area contributed by atoms with E-state index in [2.05, 4.69) is 9.25 Å². The standard InChI is InChI=1S/C6H13N2O5P/c1-4-14(11,12-7-5(2)9)13-8-6(3)10/h4H2,1-3H3,(H,7,9)(H,8,10). The van der Waals surface area contributed by atoms with Gasteiger partial charge < -0.3 is 0 Å². The van der Waals surface area contributed by atoms with Gasteiger partial charge in [0.05, 0.1) is 6.16 Å². The molecule has 0 spiro atoms. The summed E-state index contributed by atoms with van der Waals surface area (Å²) in [7, 11) is -3.47. The number of carbonyl (C=O) groups is 2. The van der Waals surface area contributed by atoms with Gasteiger partial charge in [0.1, 0.15) is 0 Å². The van der Waals surface area contributed by atoms with Crippen molar-refractivity contribution in [1.29, 1.82) is 0 Å². The molecule has 2 amide bonds. The SMILES string of the molecule is CCP(=O)(ONC(C)=O)ONC(C)=O. The molecule has 0 aliphatic heterocycles. The van der Waals surface area contributed by atoms with Crippen molar-refractivity contribution in [2.24, 2.45) is 0 Å². The molecule has 0 atom stereocenters. The van der Waals surface area contributed by atoms with Crippen molar-refractivity contribution >= 4 is 19.4 Å². The molecule has 0 bridgehead atoms. The first kappa shape index (κ1) is 13.1. The Kier molecular flexibility index (Phi) is 5.37. The van der Waals surface area contributed by atoms with Gasteiger partial charge in [0.25, 0.3) is 0 Å². The highest BCUT2D eigenvalue weighted by molar-refractivity contribution is 7.53. The second kappa shape index (κ2) is 5.74. The highest BCUT2D eigenvalue weighted by atomic mass is 31.2. The smallest absolute Gasteiger partial charge is 0.273 e. The van der Waals surface area contributed by atoms with E-state index in [0.29, 0.717) is 0 Å². The lowest BCUT2D eigenvalue weighted by atomic mass is 10.8. The van der Waals surface area contributed by atoms with Gasteiger partial charge in [-0.3, -0.25) is 14.2 Å². The molecule has 2 N–H and O–H groups in total. The van der Waals surface area contributed by atoms with E-state index in [4.69, 9.17) is 0 Å². The molecular formula is C6H13N2O5P. The fourth-order valence-electron chi connectivity index (χ4n) is 0.415. The molecule has 0 aliphatic rings. The van der Waals surface area contributed by atoms with Crippen LogP contribution >= 0.6 is 7.60 Å². The van der Waals surface area contributed by atoms with Crippen LogP contribution in [0.25, 0.3) is 0 Å². The van der Waals surface area contributed by atoms with Gasteiger partial charge >= 0.3 is 7.60 Å². The van der Waals surface area contributed by atoms with E-state index in [1.807, 2.05) is 11.0 Å². The van der Waals surface area contributed by atoms with E-state index >= 15 is 0 Å². The average Bonchev–Trinajstić information content (AvgIpc) is 2.11. The van der Waals surface area contributed by atoms with E-state index in [1.54, 1.807) is 0 Å². The molecule has 0 aliphatic carbocycles. The second-order valence-corrected chi connectivity index (χ2v) is 4.65. The van der Waals surface area contributed by atoms with Gasteiger partial charge in [0.2, 0.25) is 11.8 Å². The molecule has 82 valence electrons. The minimum atomic E-state index is -3.47. The number of amides is 2. The van der Waals surface area contributed by atoms with Gasteiger partial charge in [-0.15, -0.1) is 0 Å². The summed E-state index contributed by atoms with van der Waals surface area (Å²) in [4.78, 5) is 20.9. The van der Waals surface area contributed by atoms with Crippen molar-refractivity contribution < 1.29 is 23.4 Å². The first-order valence-corrected chi connectivity index (χ1v) is 5.62. The lowest BCUT2D eigenvalue weighted by Gasteiger charge is -2.14. The van der Waals surface area contributed by atoms with Crippen LogP contribution in [0.1, 0.15) is 20.8 Å². The van der Waals surface area contributed by atoms with Crippen LogP contribution in [0.15, 0.2) is 0 Å². The monoisotopic (exact) mass is 224 g/mol. The van der Waals surface area contributed by atoms with Crippen molar-refractivity contribution in [2.75, 3.05) is 6.16 Å². The van der Waals surface area contributed by atoms with E-state index in [1.165, 1.54) is 20.8 Å². The van der Waals surface area contributed by atoms with Crippen LogP contribution < -0.4 is 11.0 Å². The topological polar surface area (TPSA) is 93.7 Å². The molecule has 0 aromatic rings. The molecule has 7 nitrogen and oxygen atoms in total. The third-order valence-electron chi connectivity index (χ3n) is 1.04. The zero-order valence-electron chi connectivity index (χ0n) is 8.20. The minimum Gasteiger partial charge on any atom is -0.273 e. The van der Waals surface area contributed by atoms with Crippen LogP contribution in [0.3, 0.4) is 0 Å². The quantitative estimate of drug-likeness (QED) is 0.518. The van der Waals surface area contributed by atoms with Crippen LogP contribution in [0.5, 0.6) is 0 Å². The fourth-order valence-corrected chi connectivity index (χ4v) is 1.25. The Balaban J connectivity index is 4.11. The Morgan fingerprint density at radius 2 is 1.50 bits per heavy atom. The summed E-state index contributed by atoms with van der Waals surface area (Å²) in [6.45, 7) is 3.92. The van der Waals surface area contributed by atoms with Crippen molar-refractivity contribution in [3.63, 3.8) is 0 Å². The molecule has 0 aromatic heterocycles. The lowest BCUT2D eigenvalue weighted by Crippen LogP contribution is -2.25. The first-order chi connectivity index (χ1) is 6.39. The Morgan fingerprint density at radius 1 is 1.14 bits per heavy atom. The van der Waals surface area contributed by atoms with Gasteiger partial charge in [-0.05, 0) is 0 Å². The lowest BCUT2D eigenvalue weighted by molar-refractivity contribution is -0.127. The first-order valence-electron chi connectivity index (χ1n) is 3.89. The van der Waals surface area contributed by atoms with Gasteiger partial charge in [-0.1, -0.05) is 6.92 Å². The van der Waals surface area contributed by atoms with Gasteiger partial charge in [-0.25, -0.2) is 11.0 Å². The summed E-state index contributed by atoms with van der Waals surface area (Å²) in [6.07, 6.45) is 0.0214. The normalized spacial score (nSPS) is 10.8. The predicted molar refractivity (Wildman–Crippen MR) is 48.0 cm³/mol. The molecule has 0 rings (SSSR count). The molecule has 0 unspecified atom stereocenters. The number of hydroxylamine groups is 2. The van der Waals surface area contributed by atoms with E-state index < -0.39 is 19.4 Å². The van der Waals surface area contributed by atoms with Crippen molar-refractivity contribution in [3.05, 3.63) is 0 Å². The van der Waals surface area contributed by atoms with Crippen molar-refractivity contribution in [1.82, 2.24) is 11.0 Å².